The van der Waals surface area contributed by atoms with E-state index >= 15 is 0 Å². The molecule has 2 aliphatic rings. The number of esters is 1. The lowest BCUT2D eigenvalue weighted by Crippen LogP contribution is -2.51. The lowest BCUT2D eigenvalue weighted by Gasteiger charge is -2.27. The van der Waals surface area contributed by atoms with Crippen molar-refractivity contribution in [1.82, 2.24) is 5.32 Å². The van der Waals surface area contributed by atoms with E-state index < -0.39 is 30.1 Å². The van der Waals surface area contributed by atoms with Crippen LogP contribution in [0.3, 0.4) is 0 Å². The van der Waals surface area contributed by atoms with E-state index in [4.69, 9.17) is 10.5 Å². The Kier molecular flexibility index (Phi) is 6.20. The predicted octanol–water partition coefficient (Wildman–Crippen LogP) is 0.855. The Balaban J connectivity index is 1.73. The first kappa shape index (κ1) is 17.2. The maximum Gasteiger partial charge on any atom is 0.328 e. The summed E-state index contributed by atoms with van der Waals surface area (Å²) in [6.07, 6.45) is 7.04. The summed E-state index contributed by atoms with van der Waals surface area (Å²) in [7, 11) is 0. The van der Waals surface area contributed by atoms with Crippen LogP contribution in [0.2, 0.25) is 0 Å². The van der Waals surface area contributed by atoms with Crippen molar-refractivity contribution < 1.29 is 19.4 Å². The van der Waals surface area contributed by atoms with E-state index in [0.717, 1.165) is 25.7 Å². The number of amides is 1. The van der Waals surface area contributed by atoms with Gasteiger partial charge in [0.1, 0.15) is 18.2 Å². The van der Waals surface area contributed by atoms with Gasteiger partial charge in [-0.15, -0.1) is 0 Å². The number of nitrogens with one attached hydrogen (secondary N) is 1. The average Bonchev–Trinajstić information content (AvgIpc) is 3.31. The molecule has 1 unspecified atom stereocenters. The van der Waals surface area contributed by atoms with E-state index in [0.29, 0.717) is 12.3 Å². The molecular weight excluding hydrogens is 284 g/mol. The SMILES string of the molecule is C[C@@H](NC(=O)C(O)[C@H](N)CC1CCCCC1)C(=O)OC1CC1. The molecule has 0 radical (unpaired) electrons. The van der Waals surface area contributed by atoms with Crippen molar-refractivity contribution in [3.63, 3.8) is 0 Å². The summed E-state index contributed by atoms with van der Waals surface area (Å²) in [4.78, 5) is 23.7. The van der Waals surface area contributed by atoms with Gasteiger partial charge in [0, 0.05) is 6.04 Å². The van der Waals surface area contributed by atoms with Crippen LogP contribution in [0, 0.1) is 5.92 Å². The van der Waals surface area contributed by atoms with Crippen molar-refractivity contribution in [2.45, 2.75) is 82.6 Å². The summed E-state index contributed by atoms with van der Waals surface area (Å²) < 4.78 is 5.12. The van der Waals surface area contributed by atoms with E-state index in [-0.39, 0.29) is 6.10 Å². The summed E-state index contributed by atoms with van der Waals surface area (Å²) in [6, 6.07) is -1.35. The Morgan fingerprint density at radius 3 is 2.45 bits per heavy atom. The van der Waals surface area contributed by atoms with Gasteiger partial charge in [0.15, 0.2) is 0 Å². The second-order valence-electron chi connectivity index (χ2n) is 6.71. The minimum absolute atomic E-state index is 0.00494. The van der Waals surface area contributed by atoms with Gasteiger partial charge in [-0.3, -0.25) is 4.79 Å². The number of aliphatic hydroxyl groups excluding tert-OH is 1. The third-order valence-corrected chi connectivity index (χ3v) is 4.52. The van der Waals surface area contributed by atoms with Crippen molar-refractivity contribution in [3.8, 4) is 0 Å². The largest absolute Gasteiger partial charge is 0.461 e. The molecule has 6 heteroatoms. The maximum atomic E-state index is 12.0. The first-order valence-corrected chi connectivity index (χ1v) is 8.42. The molecule has 2 fully saturated rings. The molecule has 0 heterocycles. The molecule has 0 bridgehead atoms. The smallest absolute Gasteiger partial charge is 0.328 e. The summed E-state index contributed by atoms with van der Waals surface area (Å²) in [5, 5.41) is 12.5. The van der Waals surface area contributed by atoms with Gasteiger partial charge >= 0.3 is 5.97 Å². The van der Waals surface area contributed by atoms with Crippen LogP contribution in [0.25, 0.3) is 0 Å². The zero-order valence-electron chi connectivity index (χ0n) is 13.3. The fourth-order valence-electron chi connectivity index (χ4n) is 2.94. The van der Waals surface area contributed by atoms with Crippen LogP contribution in [0.15, 0.2) is 0 Å². The number of ether oxygens (including phenoxy) is 1. The Morgan fingerprint density at radius 2 is 1.86 bits per heavy atom. The van der Waals surface area contributed by atoms with Gasteiger partial charge in [-0.25, -0.2) is 4.79 Å². The van der Waals surface area contributed by atoms with Gasteiger partial charge in [-0.2, -0.15) is 0 Å². The van der Waals surface area contributed by atoms with Crippen LogP contribution >= 0.6 is 0 Å². The Morgan fingerprint density at radius 1 is 1.23 bits per heavy atom. The Hall–Kier alpha value is -1.14. The highest BCUT2D eigenvalue weighted by Crippen LogP contribution is 2.27. The van der Waals surface area contributed by atoms with Crippen molar-refractivity contribution in [3.05, 3.63) is 0 Å². The third kappa shape index (κ3) is 5.25. The van der Waals surface area contributed by atoms with Gasteiger partial charge < -0.3 is 20.9 Å². The predicted molar refractivity (Wildman–Crippen MR) is 81.9 cm³/mol. The molecule has 126 valence electrons. The van der Waals surface area contributed by atoms with E-state index in [9.17, 15) is 14.7 Å². The molecule has 4 N–H and O–H groups in total. The molecule has 6 nitrogen and oxygen atoms in total. The number of nitrogens with two attached hydrogens (primary N) is 1. The Labute approximate surface area is 131 Å². The van der Waals surface area contributed by atoms with Crippen LogP contribution in [-0.4, -0.2) is 41.3 Å². The molecule has 0 aromatic rings. The van der Waals surface area contributed by atoms with Gasteiger partial charge in [0.2, 0.25) is 0 Å². The number of aliphatic hydroxyl groups is 1. The minimum atomic E-state index is -1.28. The van der Waals surface area contributed by atoms with E-state index in [1.807, 2.05) is 0 Å². The monoisotopic (exact) mass is 312 g/mol. The van der Waals surface area contributed by atoms with Crippen LogP contribution < -0.4 is 11.1 Å². The summed E-state index contributed by atoms with van der Waals surface area (Å²) in [6.45, 7) is 1.56. The maximum absolute atomic E-state index is 12.0. The van der Waals surface area contributed by atoms with Crippen molar-refractivity contribution >= 4 is 11.9 Å². The highest BCUT2D eigenvalue weighted by molar-refractivity contribution is 5.87. The highest BCUT2D eigenvalue weighted by atomic mass is 16.5. The molecule has 2 aliphatic carbocycles. The molecule has 0 aliphatic heterocycles. The first-order valence-electron chi connectivity index (χ1n) is 8.42. The van der Waals surface area contributed by atoms with Crippen LogP contribution in [0.5, 0.6) is 0 Å². The number of rotatable bonds is 7. The van der Waals surface area contributed by atoms with Crippen LogP contribution in [-0.2, 0) is 14.3 Å². The number of carbonyl (C=O) groups excluding carboxylic acids is 2. The van der Waals surface area contributed by atoms with Crippen molar-refractivity contribution in [1.29, 1.82) is 0 Å². The Bertz CT molecular complexity index is 392. The zero-order chi connectivity index (χ0) is 16.1. The van der Waals surface area contributed by atoms with Gasteiger partial charge in [-0.05, 0) is 32.1 Å². The highest BCUT2D eigenvalue weighted by Gasteiger charge is 2.31. The molecule has 2 saturated carbocycles. The summed E-state index contributed by atoms with van der Waals surface area (Å²) in [5.74, 6) is -0.559. The van der Waals surface area contributed by atoms with Gasteiger partial charge in [-0.1, -0.05) is 32.1 Å². The minimum Gasteiger partial charge on any atom is -0.461 e. The van der Waals surface area contributed by atoms with Crippen LogP contribution in [0.1, 0.15) is 58.3 Å². The molecule has 1 amide bonds. The third-order valence-electron chi connectivity index (χ3n) is 4.52. The second-order valence-corrected chi connectivity index (χ2v) is 6.71. The number of hydrogen-bond acceptors (Lipinski definition) is 5. The molecule has 0 spiro atoms. The fourth-order valence-corrected chi connectivity index (χ4v) is 2.94. The summed E-state index contributed by atoms with van der Waals surface area (Å²) in [5.41, 5.74) is 5.96. The van der Waals surface area contributed by atoms with Crippen LogP contribution in [0.4, 0.5) is 0 Å². The average molecular weight is 312 g/mol. The molecule has 0 saturated heterocycles. The molecule has 0 aromatic heterocycles. The molecule has 3 atom stereocenters. The lowest BCUT2D eigenvalue weighted by atomic mass is 9.84. The second kappa shape index (κ2) is 7.92. The van der Waals surface area contributed by atoms with Gasteiger partial charge in [0.05, 0.1) is 0 Å². The number of carbonyl (C=O) groups is 2. The fraction of sp³-hybridized carbons (Fsp3) is 0.875. The lowest BCUT2D eigenvalue weighted by molar-refractivity contribution is -0.149. The molecular formula is C16H28N2O4. The standard InChI is InChI=1S/C16H28N2O4/c1-10(16(21)22-12-7-8-12)18-15(20)14(19)13(17)9-11-5-3-2-4-6-11/h10-14,19H,2-9,17H2,1H3,(H,18,20)/t10-,13-,14?/m1/s1. The quantitative estimate of drug-likeness (QED) is 0.605. The normalized spacial score (nSPS) is 23.4. The molecule has 22 heavy (non-hydrogen) atoms. The van der Waals surface area contributed by atoms with Gasteiger partial charge in [0.25, 0.3) is 5.91 Å². The summed E-state index contributed by atoms with van der Waals surface area (Å²) >= 11 is 0. The molecule has 0 aromatic carbocycles. The van der Waals surface area contributed by atoms with E-state index in [1.165, 1.54) is 19.3 Å². The van der Waals surface area contributed by atoms with Crippen molar-refractivity contribution in [2.24, 2.45) is 11.7 Å². The molecule has 2 rings (SSSR count). The topological polar surface area (TPSA) is 102 Å². The van der Waals surface area contributed by atoms with Crippen molar-refractivity contribution in [2.75, 3.05) is 0 Å². The van der Waals surface area contributed by atoms with E-state index in [1.54, 1.807) is 6.92 Å². The first-order chi connectivity index (χ1) is 10.5. The number of hydrogen-bond donors (Lipinski definition) is 3. The van der Waals surface area contributed by atoms with E-state index in [2.05, 4.69) is 5.32 Å². The zero-order valence-corrected chi connectivity index (χ0v) is 13.3.